The van der Waals surface area contributed by atoms with Gasteiger partial charge in [-0.3, -0.25) is 10.1 Å². The van der Waals surface area contributed by atoms with Gasteiger partial charge in [-0.05, 0) is 17.7 Å². The summed E-state index contributed by atoms with van der Waals surface area (Å²) in [5, 5.41) is 10.6. The SMILES string of the molecule is CN(C)C=C(C=[N+](C)C)c1ccc([N+](=O)[O-])cc1. The van der Waals surface area contributed by atoms with Gasteiger partial charge in [-0.1, -0.05) is 0 Å². The number of hydrogen-bond acceptors (Lipinski definition) is 3. The minimum atomic E-state index is -0.394. The first kappa shape index (κ1) is 13.9. The van der Waals surface area contributed by atoms with Crippen LogP contribution < -0.4 is 0 Å². The van der Waals surface area contributed by atoms with Crippen molar-refractivity contribution in [2.45, 2.75) is 0 Å². The van der Waals surface area contributed by atoms with Crippen LogP contribution in [0.5, 0.6) is 0 Å². The molecular weight excluding hydrogens is 230 g/mol. The predicted octanol–water partition coefficient (Wildman–Crippen LogP) is 1.84. The molecule has 0 unspecified atom stereocenters. The Hall–Kier alpha value is -2.17. The lowest BCUT2D eigenvalue weighted by atomic mass is 10.1. The zero-order valence-corrected chi connectivity index (χ0v) is 11.1. The molecule has 0 bridgehead atoms. The van der Waals surface area contributed by atoms with Crippen molar-refractivity contribution >= 4 is 17.5 Å². The lowest BCUT2D eigenvalue weighted by molar-refractivity contribution is -0.458. The van der Waals surface area contributed by atoms with Gasteiger partial charge in [-0.25, -0.2) is 4.58 Å². The molecule has 0 heterocycles. The molecule has 0 saturated heterocycles. The average Bonchev–Trinajstić information content (AvgIpc) is 2.27. The predicted molar refractivity (Wildman–Crippen MR) is 72.9 cm³/mol. The first-order valence-corrected chi connectivity index (χ1v) is 5.54. The Morgan fingerprint density at radius 3 is 2.17 bits per heavy atom. The van der Waals surface area contributed by atoms with Crippen LogP contribution in [0, 0.1) is 10.1 Å². The molecule has 0 aliphatic heterocycles. The molecule has 18 heavy (non-hydrogen) atoms. The molecule has 0 aliphatic rings. The zero-order valence-electron chi connectivity index (χ0n) is 11.1. The summed E-state index contributed by atoms with van der Waals surface area (Å²) in [5.41, 5.74) is 2.05. The van der Waals surface area contributed by atoms with Crippen molar-refractivity contribution in [3.63, 3.8) is 0 Å². The van der Waals surface area contributed by atoms with E-state index in [-0.39, 0.29) is 5.69 Å². The number of hydrogen-bond donors (Lipinski definition) is 0. The Kier molecular flexibility index (Phi) is 4.59. The third kappa shape index (κ3) is 4.01. The van der Waals surface area contributed by atoms with Crippen LogP contribution in [0.3, 0.4) is 0 Å². The topological polar surface area (TPSA) is 49.4 Å². The van der Waals surface area contributed by atoms with E-state index in [0.29, 0.717) is 0 Å². The Morgan fingerprint density at radius 2 is 1.78 bits per heavy atom. The number of allylic oxidation sites excluding steroid dienone is 1. The van der Waals surface area contributed by atoms with Gasteiger partial charge in [0.1, 0.15) is 14.1 Å². The molecule has 0 saturated carbocycles. The molecule has 0 spiro atoms. The Labute approximate surface area is 107 Å². The summed E-state index contributed by atoms with van der Waals surface area (Å²) in [6, 6.07) is 6.55. The molecule has 1 aromatic rings. The van der Waals surface area contributed by atoms with E-state index in [0.717, 1.165) is 11.1 Å². The van der Waals surface area contributed by atoms with Crippen molar-refractivity contribution in [3.8, 4) is 0 Å². The molecule has 0 aliphatic carbocycles. The molecule has 96 valence electrons. The molecule has 5 nitrogen and oxygen atoms in total. The first-order valence-electron chi connectivity index (χ1n) is 5.54. The van der Waals surface area contributed by atoms with Crippen LogP contribution in [0.4, 0.5) is 5.69 Å². The standard InChI is InChI=1S/C13H18N3O2/c1-14(2)9-12(10-15(3)4)11-5-7-13(8-6-11)16(17)18/h5-10H,1-4H3/q+1. The van der Waals surface area contributed by atoms with Crippen LogP contribution in [0.25, 0.3) is 5.57 Å². The minimum absolute atomic E-state index is 0.104. The maximum atomic E-state index is 10.6. The van der Waals surface area contributed by atoms with Crippen molar-refractivity contribution in [3.05, 3.63) is 46.1 Å². The average molecular weight is 248 g/mol. The fraction of sp³-hybridized carbons (Fsp3) is 0.308. The molecule has 0 N–H and O–H groups in total. The van der Waals surface area contributed by atoms with Crippen molar-refractivity contribution < 1.29 is 9.50 Å². The largest absolute Gasteiger partial charge is 0.383 e. The number of benzene rings is 1. The number of nitro benzene ring substituents is 1. The molecule has 0 radical (unpaired) electrons. The summed E-state index contributed by atoms with van der Waals surface area (Å²) in [4.78, 5) is 12.2. The molecule has 5 heteroatoms. The Morgan fingerprint density at radius 1 is 1.22 bits per heavy atom. The van der Waals surface area contributed by atoms with Crippen LogP contribution in [0.2, 0.25) is 0 Å². The normalized spacial score (nSPS) is 11.0. The fourth-order valence-electron chi connectivity index (χ4n) is 1.51. The van der Waals surface area contributed by atoms with Crippen molar-refractivity contribution in [1.82, 2.24) is 4.90 Å². The molecule has 1 rings (SSSR count). The summed E-state index contributed by atoms with van der Waals surface area (Å²) >= 11 is 0. The highest BCUT2D eigenvalue weighted by Crippen LogP contribution is 2.17. The highest BCUT2D eigenvalue weighted by Gasteiger charge is 2.08. The van der Waals surface area contributed by atoms with E-state index in [2.05, 4.69) is 0 Å². The molecule has 0 amide bonds. The lowest BCUT2D eigenvalue weighted by Crippen LogP contribution is -2.07. The molecule has 0 atom stereocenters. The summed E-state index contributed by atoms with van der Waals surface area (Å²) in [7, 11) is 7.76. The third-order valence-electron chi connectivity index (χ3n) is 2.21. The second kappa shape index (κ2) is 5.95. The summed E-state index contributed by atoms with van der Waals surface area (Å²) in [6.45, 7) is 0. The van der Waals surface area contributed by atoms with Gasteiger partial charge >= 0.3 is 0 Å². The van der Waals surface area contributed by atoms with Crippen molar-refractivity contribution in [2.24, 2.45) is 0 Å². The third-order valence-corrected chi connectivity index (χ3v) is 2.21. The van der Waals surface area contributed by atoms with E-state index in [1.165, 1.54) is 12.1 Å². The molecular formula is C13H18N3O2+. The van der Waals surface area contributed by atoms with Gasteiger partial charge in [0.25, 0.3) is 5.69 Å². The molecule has 0 fully saturated rings. The van der Waals surface area contributed by atoms with Gasteiger partial charge in [0, 0.05) is 32.4 Å². The maximum absolute atomic E-state index is 10.6. The minimum Gasteiger partial charge on any atom is -0.383 e. The van der Waals surface area contributed by atoms with Gasteiger partial charge in [-0.2, -0.15) is 0 Å². The first-order chi connectivity index (χ1) is 8.40. The Balaban J connectivity index is 3.14. The number of nitrogens with zero attached hydrogens (tertiary/aromatic N) is 3. The maximum Gasteiger partial charge on any atom is 0.269 e. The fourth-order valence-corrected chi connectivity index (χ4v) is 1.51. The number of non-ortho nitro benzene ring substituents is 1. The van der Waals surface area contributed by atoms with E-state index in [1.54, 1.807) is 12.1 Å². The molecule has 0 aromatic heterocycles. The summed E-state index contributed by atoms with van der Waals surface area (Å²) in [5.74, 6) is 0. The van der Waals surface area contributed by atoms with Crippen molar-refractivity contribution in [1.29, 1.82) is 0 Å². The number of rotatable bonds is 4. The van der Waals surface area contributed by atoms with Crippen molar-refractivity contribution in [2.75, 3.05) is 28.2 Å². The van der Waals surface area contributed by atoms with Crippen LogP contribution in [-0.4, -0.2) is 48.8 Å². The molecule has 1 aromatic carbocycles. The van der Waals surface area contributed by atoms with Crippen LogP contribution in [0.15, 0.2) is 30.5 Å². The van der Waals surface area contributed by atoms with Gasteiger partial charge in [0.2, 0.25) is 0 Å². The van der Waals surface area contributed by atoms with E-state index >= 15 is 0 Å². The summed E-state index contributed by atoms with van der Waals surface area (Å²) < 4.78 is 1.94. The summed E-state index contributed by atoms with van der Waals surface area (Å²) in [6.07, 6.45) is 3.95. The van der Waals surface area contributed by atoms with Gasteiger partial charge < -0.3 is 4.90 Å². The van der Waals surface area contributed by atoms with Gasteiger partial charge in [0.15, 0.2) is 6.21 Å². The monoisotopic (exact) mass is 248 g/mol. The van der Waals surface area contributed by atoms with E-state index in [4.69, 9.17) is 0 Å². The highest BCUT2D eigenvalue weighted by molar-refractivity contribution is 6.07. The lowest BCUT2D eigenvalue weighted by Gasteiger charge is -2.07. The van der Waals surface area contributed by atoms with Crippen LogP contribution >= 0.6 is 0 Å². The van der Waals surface area contributed by atoms with E-state index < -0.39 is 4.92 Å². The van der Waals surface area contributed by atoms with Gasteiger partial charge in [0.05, 0.1) is 10.5 Å². The van der Waals surface area contributed by atoms with E-state index in [9.17, 15) is 10.1 Å². The van der Waals surface area contributed by atoms with Gasteiger partial charge in [-0.15, -0.1) is 0 Å². The number of nitro groups is 1. The van der Waals surface area contributed by atoms with Crippen LogP contribution in [-0.2, 0) is 0 Å². The smallest absolute Gasteiger partial charge is 0.269 e. The highest BCUT2D eigenvalue weighted by atomic mass is 16.6. The Bertz CT molecular complexity index is 483. The van der Waals surface area contributed by atoms with Crippen LogP contribution in [0.1, 0.15) is 5.56 Å². The quantitative estimate of drug-likeness (QED) is 0.353. The van der Waals surface area contributed by atoms with E-state index in [1.807, 2.05) is 50.1 Å². The second-order valence-electron chi connectivity index (χ2n) is 4.44. The second-order valence-corrected chi connectivity index (χ2v) is 4.44. The zero-order chi connectivity index (χ0) is 13.7.